The molecular formula is C20H25N5O4S. The minimum atomic E-state index is -4.14. The summed E-state index contributed by atoms with van der Waals surface area (Å²) in [6.45, 7) is 4.94. The van der Waals surface area contributed by atoms with Gasteiger partial charge in [0.1, 0.15) is 5.82 Å². The first-order valence-corrected chi connectivity index (χ1v) is 11.8. The van der Waals surface area contributed by atoms with E-state index >= 15 is 0 Å². The van der Waals surface area contributed by atoms with Gasteiger partial charge >= 0.3 is 6.03 Å². The van der Waals surface area contributed by atoms with Crippen molar-refractivity contribution >= 4 is 21.9 Å². The van der Waals surface area contributed by atoms with E-state index in [0.717, 1.165) is 49.8 Å². The fraction of sp³-hybridized carbons (Fsp3) is 0.550. The molecule has 2 amide bonds. The molecule has 0 saturated heterocycles. The Kier molecular flexibility index (Phi) is 4.32. The molecule has 2 aliphatic carbocycles. The second-order valence-electron chi connectivity index (χ2n) is 9.03. The van der Waals surface area contributed by atoms with Crippen molar-refractivity contribution in [1.82, 2.24) is 19.5 Å². The number of urea groups is 1. The zero-order valence-electron chi connectivity index (χ0n) is 17.1. The van der Waals surface area contributed by atoms with Crippen LogP contribution in [0.4, 0.5) is 10.6 Å². The van der Waals surface area contributed by atoms with Gasteiger partial charge in [-0.15, -0.1) is 0 Å². The van der Waals surface area contributed by atoms with Crippen molar-refractivity contribution in [3.8, 4) is 5.88 Å². The van der Waals surface area contributed by atoms with Crippen molar-refractivity contribution in [3.63, 3.8) is 0 Å². The Morgan fingerprint density at radius 2 is 1.87 bits per heavy atom. The van der Waals surface area contributed by atoms with Gasteiger partial charge < -0.3 is 4.74 Å². The summed E-state index contributed by atoms with van der Waals surface area (Å²) in [6.07, 6.45) is 7.09. The van der Waals surface area contributed by atoms with Crippen LogP contribution in [0.2, 0.25) is 0 Å². The van der Waals surface area contributed by atoms with Gasteiger partial charge in [-0.1, -0.05) is 13.8 Å². The van der Waals surface area contributed by atoms with E-state index in [9.17, 15) is 13.2 Å². The van der Waals surface area contributed by atoms with Gasteiger partial charge in [0.05, 0.1) is 19.3 Å². The van der Waals surface area contributed by atoms with Crippen molar-refractivity contribution in [2.75, 3.05) is 11.9 Å². The number of rotatable bonds is 3. The molecule has 0 radical (unpaired) electrons. The Balaban J connectivity index is 1.37. The first-order chi connectivity index (χ1) is 14.2. The molecule has 2 aromatic rings. The van der Waals surface area contributed by atoms with Crippen molar-refractivity contribution in [2.45, 2.75) is 63.8 Å². The number of pyridine rings is 1. The van der Waals surface area contributed by atoms with E-state index in [4.69, 9.17) is 4.74 Å². The molecule has 10 heteroatoms. The monoisotopic (exact) mass is 431 g/mol. The maximum absolute atomic E-state index is 12.8. The van der Waals surface area contributed by atoms with Crippen LogP contribution in [0.1, 0.15) is 49.1 Å². The minimum Gasteiger partial charge on any atom is -0.476 e. The van der Waals surface area contributed by atoms with E-state index < -0.39 is 16.1 Å². The highest BCUT2D eigenvalue weighted by Crippen LogP contribution is 2.36. The number of aryl methyl sites for hydroxylation is 1. The van der Waals surface area contributed by atoms with Gasteiger partial charge in [0, 0.05) is 11.1 Å². The average Bonchev–Trinajstić information content (AvgIpc) is 3.38. The molecule has 5 rings (SSSR count). The topological polar surface area (TPSA) is 115 Å². The number of hydrogen-bond acceptors (Lipinski definition) is 6. The van der Waals surface area contributed by atoms with Crippen LogP contribution in [-0.2, 0) is 42.3 Å². The number of sulfonamides is 1. The van der Waals surface area contributed by atoms with Gasteiger partial charge in [0.15, 0.2) is 4.90 Å². The van der Waals surface area contributed by atoms with Crippen LogP contribution in [0.5, 0.6) is 5.88 Å². The molecule has 2 aromatic heterocycles. The summed E-state index contributed by atoms with van der Waals surface area (Å²) >= 11 is 0. The standard InChI is InChI=1S/C20H25N5O4S/c1-20(2)10-25-18(29-11-20)16(9-21-25)30(27,28)24-19(26)23-17-14-7-3-5-12(14)13-6-4-8-15(13)22-17/h9H,3-8,10-11H2,1-2H3,(H2,22,23,24,26). The van der Waals surface area contributed by atoms with Crippen molar-refractivity contribution < 1.29 is 17.9 Å². The van der Waals surface area contributed by atoms with E-state index in [1.807, 2.05) is 13.8 Å². The molecule has 0 saturated carbocycles. The number of amides is 2. The maximum atomic E-state index is 12.8. The second kappa shape index (κ2) is 6.69. The number of hydrogen-bond donors (Lipinski definition) is 2. The Morgan fingerprint density at radius 1 is 1.13 bits per heavy atom. The number of carbonyl (C=O) groups is 1. The lowest BCUT2D eigenvalue weighted by molar-refractivity contribution is 0.0970. The first-order valence-electron chi connectivity index (χ1n) is 10.3. The van der Waals surface area contributed by atoms with E-state index in [1.54, 1.807) is 0 Å². The van der Waals surface area contributed by atoms with Crippen LogP contribution in [0.25, 0.3) is 0 Å². The molecule has 0 bridgehead atoms. The molecule has 0 aromatic carbocycles. The molecule has 0 atom stereocenters. The van der Waals surface area contributed by atoms with Gasteiger partial charge in [-0.2, -0.15) is 5.10 Å². The van der Waals surface area contributed by atoms with Gasteiger partial charge in [0.25, 0.3) is 10.0 Å². The van der Waals surface area contributed by atoms with E-state index in [1.165, 1.54) is 22.0 Å². The lowest BCUT2D eigenvalue weighted by Crippen LogP contribution is -2.36. The lowest BCUT2D eigenvalue weighted by atomic mass is 9.94. The van der Waals surface area contributed by atoms with Crippen molar-refractivity contribution in [2.24, 2.45) is 5.41 Å². The van der Waals surface area contributed by atoms with Crippen LogP contribution in [0.15, 0.2) is 11.1 Å². The first kappa shape index (κ1) is 19.3. The summed E-state index contributed by atoms with van der Waals surface area (Å²) in [5, 5.41) is 6.80. The molecule has 0 fully saturated rings. The van der Waals surface area contributed by atoms with Crippen LogP contribution >= 0.6 is 0 Å². The smallest absolute Gasteiger partial charge is 0.334 e. The fourth-order valence-corrected chi connectivity index (χ4v) is 5.63. The molecule has 0 unspecified atom stereocenters. The summed E-state index contributed by atoms with van der Waals surface area (Å²) in [5.74, 6) is 0.636. The zero-order valence-corrected chi connectivity index (χ0v) is 17.9. The summed E-state index contributed by atoms with van der Waals surface area (Å²) < 4.78 is 34.9. The molecular weight excluding hydrogens is 406 g/mol. The van der Waals surface area contributed by atoms with Gasteiger partial charge in [-0.05, 0) is 55.2 Å². The lowest BCUT2D eigenvalue weighted by Gasteiger charge is -2.30. The summed E-state index contributed by atoms with van der Waals surface area (Å²) in [6, 6.07) is -0.828. The molecule has 1 aliphatic heterocycles. The Bertz CT molecular complexity index is 1150. The number of carbonyl (C=O) groups excluding carboxylic acids is 1. The number of ether oxygens (including phenoxy) is 1. The van der Waals surface area contributed by atoms with Crippen molar-refractivity contribution in [1.29, 1.82) is 0 Å². The normalized spacial score (nSPS) is 18.9. The molecule has 3 heterocycles. The fourth-order valence-electron chi connectivity index (χ4n) is 4.64. The highest BCUT2D eigenvalue weighted by molar-refractivity contribution is 7.90. The third kappa shape index (κ3) is 3.23. The van der Waals surface area contributed by atoms with Gasteiger partial charge in [-0.3, -0.25) is 5.32 Å². The number of nitrogens with zero attached hydrogens (tertiary/aromatic N) is 3. The molecule has 3 aliphatic rings. The van der Waals surface area contributed by atoms with Crippen LogP contribution in [0, 0.1) is 5.41 Å². The number of aromatic nitrogens is 3. The van der Waals surface area contributed by atoms with Gasteiger partial charge in [-0.25, -0.2) is 27.6 Å². The second-order valence-corrected chi connectivity index (χ2v) is 10.7. The molecule has 9 nitrogen and oxygen atoms in total. The predicted molar refractivity (Wildman–Crippen MR) is 109 cm³/mol. The Hall–Kier alpha value is -2.62. The molecule has 2 N–H and O–H groups in total. The Labute approximate surface area is 175 Å². The van der Waals surface area contributed by atoms with E-state index in [-0.39, 0.29) is 16.2 Å². The molecule has 30 heavy (non-hydrogen) atoms. The third-order valence-corrected chi connectivity index (χ3v) is 7.30. The number of nitrogens with one attached hydrogen (secondary N) is 2. The van der Waals surface area contributed by atoms with Crippen LogP contribution < -0.4 is 14.8 Å². The molecule has 160 valence electrons. The van der Waals surface area contributed by atoms with E-state index in [0.29, 0.717) is 19.0 Å². The Morgan fingerprint density at radius 3 is 2.70 bits per heavy atom. The van der Waals surface area contributed by atoms with E-state index in [2.05, 4.69) is 20.1 Å². The zero-order chi connectivity index (χ0) is 21.1. The minimum absolute atomic E-state index is 0.139. The summed E-state index contributed by atoms with van der Waals surface area (Å²) in [5.41, 5.74) is 4.53. The van der Waals surface area contributed by atoms with Gasteiger partial charge in [0.2, 0.25) is 5.88 Å². The van der Waals surface area contributed by atoms with Crippen LogP contribution in [0.3, 0.4) is 0 Å². The highest BCUT2D eigenvalue weighted by atomic mass is 32.2. The van der Waals surface area contributed by atoms with Crippen LogP contribution in [-0.4, -0.2) is 35.8 Å². The third-order valence-electron chi connectivity index (χ3n) is 5.99. The average molecular weight is 432 g/mol. The predicted octanol–water partition coefficient (Wildman–Crippen LogP) is 2.18. The summed E-state index contributed by atoms with van der Waals surface area (Å²) in [7, 11) is -4.14. The SMILES string of the molecule is CC1(C)COc2c(S(=O)(=O)NC(=O)Nc3nc4c(c5c3CCC5)CCC4)cnn2C1. The quantitative estimate of drug-likeness (QED) is 0.770. The highest BCUT2D eigenvalue weighted by Gasteiger charge is 2.34. The molecule has 0 spiro atoms. The van der Waals surface area contributed by atoms with Crippen molar-refractivity contribution in [3.05, 3.63) is 28.6 Å². The largest absolute Gasteiger partial charge is 0.476 e. The maximum Gasteiger partial charge on any atom is 0.334 e. The summed E-state index contributed by atoms with van der Waals surface area (Å²) in [4.78, 5) is 17.1. The number of fused-ring (bicyclic) bond motifs is 4. The number of anilines is 1.